The van der Waals surface area contributed by atoms with Gasteiger partial charge in [-0.25, -0.2) is 0 Å². The molecule has 0 saturated carbocycles. The summed E-state index contributed by atoms with van der Waals surface area (Å²) in [5.74, 6) is 2.29. The van der Waals surface area contributed by atoms with Gasteiger partial charge in [-0.15, -0.1) is 0 Å². The molecule has 3 rings (SSSR count). The Hall–Kier alpha value is -3.72. The Morgan fingerprint density at radius 2 is 1.50 bits per heavy atom. The lowest BCUT2D eigenvalue weighted by Gasteiger charge is -2.23. The van der Waals surface area contributed by atoms with Crippen LogP contribution in [0.5, 0.6) is 23.0 Å². The smallest absolute Gasteiger partial charge is 0.269 e. The molecule has 190 valence electrons. The number of carbonyl (C=O) groups is 1. The molecule has 0 aliphatic carbocycles. The molecule has 0 aliphatic heterocycles. The van der Waals surface area contributed by atoms with Crippen molar-refractivity contribution in [2.45, 2.75) is 25.5 Å². The lowest BCUT2D eigenvalue weighted by Crippen LogP contribution is -2.05. The monoisotopic (exact) mass is 511 g/mol. The first-order chi connectivity index (χ1) is 17.2. The molecule has 1 unspecified atom stereocenters. The molecule has 0 heterocycles. The maximum absolute atomic E-state index is 13.3. The number of ether oxygens (including phenoxy) is 4. The number of hydrogen-bond donors (Lipinski definition) is 0. The van der Waals surface area contributed by atoms with Crippen LogP contribution in [0.3, 0.4) is 0 Å². The fraction of sp³-hybridized carbons (Fsp3) is 0.296. The Balaban J connectivity index is 2.19. The van der Waals surface area contributed by atoms with Crippen LogP contribution in [0.1, 0.15) is 41.4 Å². The molecule has 0 N–H and O–H groups in total. The highest BCUT2D eigenvalue weighted by Gasteiger charge is 2.27. The topological polar surface area (TPSA) is 97.1 Å². The second-order valence-electron chi connectivity index (χ2n) is 8.14. The highest BCUT2D eigenvalue weighted by molar-refractivity contribution is 8.14. The van der Waals surface area contributed by atoms with E-state index >= 15 is 0 Å². The van der Waals surface area contributed by atoms with Crippen LogP contribution in [-0.4, -0.2) is 38.5 Å². The highest BCUT2D eigenvalue weighted by Crippen LogP contribution is 2.51. The van der Waals surface area contributed by atoms with Crippen molar-refractivity contribution in [3.8, 4) is 23.0 Å². The number of hydrogen-bond acceptors (Lipinski definition) is 8. The summed E-state index contributed by atoms with van der Waals surface area (Å²) in [7, 11) is 6.31. The molecule has 8 nitrogen and oxygen atoms in total. The summed E-state index contributed by atoms with van der Waals surface area (Å²) < 4.78 is 22.9. The van der Waals surface area contributed by atoms with Crippen LogP contribution in [0, 0.1) is 10.1 Å². The molecule has 0 amide bonds. The van der Waals surface area contributed by atoms with Crippen LogP contribution < -0.4 is 18.9 Å². The lowest BCUT2D eigenvalue weighted by molar-refractivity contribution is -0.384. The first-order valence-corrected chi connectivity index (χ1v) is 12.0. The maximum Gasteiger partial charge on any atom is 0.269 e. The van der Waals surface area contributed by atoms with Crippen LogP contribution in [0.15, 0.2) is 54.1 Å². The normalized spacial score (nSPS) is 11.5. The molecule has 0 bridgehead atoms. The van der Waals surface area contributed by atoms with E-state index in [2.05, 4.69) is 6.08 Å². The molecular formula is C27H29NO7S. The summed E-state index contributed by atoms with van der Waals surface area (Å²) in [5.41, 5.74) is 2.17. The minimum absolute atomic E-state index is 0.0698. The summed E-state index contributed by atoms with van der Waals surface area (Å²) in [6, 6.07) is 11.1. The molecule has 36 heavy (non-hydrogen) atoms. The van der Waals surface area contributed by atoms with Crippen molar-refractivity contribution < 1.29 is 28.7 Å². The van der Waals surface area contributed by atoms with Crippen molar-refractivity contribution in [2.24, 2.45) is 0 Å². The van der Waals surface area contributed by atoms with Gasteiger partial charge >= 0.3 is 0 Å². The number of nitro benzene ring substituents is 1. The van der Waals surface area contributed by atoms with Gasteiger partial charge in [0.15, 0.2) is 0 Å². The van der Waals surface area contributed by atoms with E-state index in [4.69, 9.17) is 18.9 Å². The predicted molar refractivity (Wildman–Crippen MR) is 142 cm³/mol. The van der Waals surface area contributed by atoms with Crippen molar-refractivity contribution in [2.75, 3.05) is 28.4 Å². The molecule has 0 fully saturated rings. The zero-order valence-electron chi connectivity index (χ0n) is 21.1. The van der Waals surface area contributed by atoms with Crippen LogP contribution in [0.4, 0.5) is 5.69 Å². The SMILES string of the molecule is COc1ccc(OC)c2c(OC)c(C(CC=C(C)C)SC(=O)c3ccc([N+](=O)[O-])cc3)cc(OC)c12. The molecule has 1 atom stereocenters. The number of rotatable bonds is 10. The number of fused-ring (bicyclic) bond motifs is 1. The van der Waals surface area contributed by atoms with E-state index in [9.17, 15) is 14.9 Å². The third-order valence-electron chi connectivity index (χ3n) is 5.67. The first-order valence-electron chi connectivity index (χ1n) is 11.1. The van der Waals surface area contributed by atoms with Gasteiger partial charge in [-0.2, -0.15) is 0 Å². The molecule has 0 spiro atoms. The van der Waals surface area contributed by atoms with Crippen LogP contribution in [0.2, 0.25) is 0 Å². The van der Waals surface area contributed by atoms with Crippen molar-refractivity contribution >= 4 is 33.3 Å². The standard InChI is InChI=1S/C27H29NO7S/c1-16(2)7-14-23(36-27(29)17-8-10-18(11-9-17)28(30)31)19-15-22(34-5)24-20(32-3)12-13-21(33-4)25(24)26(19)35-6/h7-13,15,23H,14H2,1-6H3. The second-order valence-corrected chi connectivity index (χ2v) is 9.31. The van der Waals surface area contributed by atoms with Crippen molar-refractivity contribution in [3.05, 3.63) is 75.4 Å². The number of non-ortho nitro benzene ring substituents is 1. The minimum atomic E-state index is -0.493. The molecule has 3 aromatic carbocycles. The van der Waals surface area contributed by atoms with Crippen LogP contribution in [-0.2, 0) is 0 Å². The average molecular weight is 512 g/mol. The number of nitrogens with zero attached hydrogens (tertiary/aromatic N) is 1. The summed E-state index contributed by atoms with van der Waals surface area (Å²) in [6.45, 7) is 3.98. The average Bonchev–Trinajstić information content (AvgIpc) is 2.89. The first kappa shape index (κ1) is 26.9. The Kier molecular flexibility index (Phi) is 8.82. The predicted octanol–water partition coefficient (Wildman–Crippen LogP) is 6.75. The largest absolute Gasteiger partial charge is 0.496 e. The van der Waals surface area contributed by atoms with Gasteiger partial charge in [0.1, 0.15) is 23.0 Å². The fourth-order valence-electron chi connectivity index (χ4n) is 3.92. The number of carbonyl (C=O) groups excluding carboxylic acids is 1. The van der Waals surface area contributed by atoms with Gasteiger partial charge in [0.2, 0.25) is 5.12 Å². The van der Waals surface area contributed by atoms with Gasteiger partial charge in [-0.1, -0.05) is 23.4 Å². The van der Waals surface area contributed by atoms with Crippen molar-refractivity contribution in [1.82, 2.24) is 0 Å². The van der Waals surface area contributed by atoms with E-state index in [-0.39, 0.29) is 16.1 Å². The van der Waals surface area contributed by atoms with Crippen molar-refractivity contribution in [1.29, 1.82) is 0 Å². The van der Waals surface area contributed by atoms with Gasteiger partial charge in [0.05, 0.1) is 44.1 Å². The molecule has 3 aromatic rings. The summed E-state index contributed by atoms with van der Waals surface area (Å²) in [4.78, 5) is 23.8. The van der Waals surface area contributed by atoms with Crippen LogP contribution in [0.25, 0.3) is 10.8 Å². The van der Waals surface area contributed by atoms with E-state index in [1.807, 2.05) is 19.9 Å². The van der Waals surface area contributed by atoms with Gasteiger partial charge < -0.3 is 18.9 Å². The number of methoxy groups -OCH3 is 4. The Morgan fingerprint density at radius 3 is 2.00 bits per heavy atom. The number of thioether (sulfide) groups is 1. The van der Waals surface area contributed by atoms with Crippen LogP contribution >= 0.6 is 11.8 Å². The molecule has 9 heteroatoms. The van der Waals surface area contributed by atoms with Gasteiger partial charge in [-0.3, -0.25) is 14.9 Å². The molecule has 0 saturated heterocycles. The Bertz CT molecular complexity index is 1300. The third-order valence-corrected chi connectivity index (χ3v) is 6.85. The van der Waals surface area contributed by atoms with Gasteiger partial charge in [0.25, 0.3) is 5.69 Å². The fourth-order valence-corrected chi connectivity index (χ4v) is 4.94. The molecule has 0 aromatic heterocycles. The zero-order chi connectivity index (χ0) is 26.4. The van der Waals surface area contributed by atoms with E-state index in [1.165, 1.54) is 24.3 Å². The Morgan fingerprint density at radius 1 is 0.917 bits per heavy atom. The van der Waals surface area contributed by atoms with E-state index in [1.54, 1.807) is 40.6 Å². The molecule has 0 aliphatic rings. The van der Waals surface area contributed by atoms with E-state index in [0.29, 0.717) is 45.8 Å². The summed E-state index contributed by atoms with van der Waals surface area (Å²) in [6.07, 6.45) is 2.60. The molecule has 0 radical (unpaired) electrons. The van der Waals surface area contributed by atoms with E-state index in [0.717, 1.165) is 22.9 Å². The number of benzene rings is 3. The number of nitro groups is 1. The summed E-state index contributed by atoms with van der Waals surface area (Å²) in [5, 5.41) is 11.8. The quantitative estimate of drug-likeness (QED) is 0.167. The second kappa shape index (κ2) is 11.8. The van der Waals surface area contributed by atoms with Gasteiger partial charge in [-0.05, 0) is 50.6 Å². The maximum atomic E-state index is 13.3. The van der Waals surface area contributed by atoms with E-state index < -0.39 is 4.92 Å². The third kappa shape index (κ3) is 5.57. The minimum Gasteiger partial charge on any atom is -0.496 e. The number of allylic oxidation sites excluding steroid dienone is 2. The zero-order valence-corrected chi connectivity index (χ0v) is 21.9. The van der Waals surface area contributed by atoms with Gasteiger partial charge in [0, 0.05) is 28.5 Å². The lowest BCUT2D eigenvalue weighted by atomic mass is 9.98. The summed E-state index contributed by atoms with van der Waals surface area (Å²) >= 11 is 1.13. The molecular weight excluding hydrogens is 482 g/mol. The highest BCUT2D eigenvalue weighted by atomic mass is 32.2. The Labute approximate surface area is 214 Å². The van der Waals surface area contributed by atoms with Crippen molar-refractivity contribution in [3.63, 3.8) is 0 Å².